The molecule has 0 aliphatic carbocycles. The van der Waals surface area contributed by atoms with E-state index in [0.29, 0.717) is 12.6 Å². The van der Waals surface area contributed by atoms with Gasteiger partial charge < -0.3 is 20.1 Å². The Morgan fingerprint density at radius 1 is 1.37 bits per heavy atom. The zero-order valence-corrected chi connectivity index (χ0v) is 11.7. The van der Waals surface area contributed by atoms with Crippen molar-refractivity contribution in [1.29, 1.82) is 0 Å². The van der Waals surface area contributed by atoms with Crippen molar-refractivity contribution in [2.24, 2.45) is 11.1 Å². The third-order valence-electron chi connectivity index (χ3n) is 4.31. The van der Waals surface area contributed by atoms with Crippen LogP contribution in [0.3, 0.4) is 0 Å². The predicted octanol–water partition coefficient (Wildman–Crippen LogP) is 1.20. The van der Waals surface area contributed by atoms with Crippen LogP contribution in [0, 0.1) is 5.41 Å². The molecule has 0 spiro atoms. The summed E-state index contributed by atoms with van der Waals surface area (Å²) in [7, 11) is 4.23. The lowest BCUT2D eigenvalue weighted by atomic mass is 9.74. The fourth-order valence-electron chi connectivity index (χ4n) is 3.33. The van der Waals surface area contributed by atoms with Crippen molar-refractivity contribution in [1.82, 2.24) is 4.90 Å². The number of hydrogen-bond donors (Lipinski definition) is 1. The highest BCUT2D eigenvalue weighted by Gasteiger charge is 2.46. The van der Waals surface area contributed by atoms with Crippen molar-refractivity contribution < 1.29 is 9.47 Å². The fourth-order valence-corrected chi connectivity index (χ4v) is 3.33. The van der Waals surface area contributed by atoms with E-state index in [2.05, 4.69) is 37.2 Å². The Morgan fingerprint density at radius 3 is 2.74 bits per heavy atom. The predicted molar refractivity (Wildman–Crippen MR) is 74.4 cm³/mol. The van der Waals surface area contributed by atoms with Crippen LogP contribution < -0.4 is 10.5 Å². The van der Waals surface area contributed by atoms with E-state index >= 15 is 0 Å². The Hall–Kier alpha value is -1.10. The maximum atomic E-state index is 6.03. The van der Waals surface area contributed by atoms with E-state index < -0.39 is 0 Å². The second-order valence-electron chi connectivity index (χ2n) is 5.89. The Labute approximate surface area is 114 Å². The lowest BCUT2D eigenvalue weighted by Crippen LogP contribution is -2.55. The number of rotatable bonds is 4. The molecule has 1 aromatic rings. The molecule has 1 atom stereocenters. The molecule has 4 heteroatoms. The molecule has 0 amide bonds. The maximum absolute atomic E-state index is 6.03. The molecule has 1 saturated heterocycles. The first kappa shape index (κ1) is 12.9. The molecule has 4 nitrogen and oxygen atoms in total. The Morgan fingerprint density at radius 2 is 2.16 bits per heavy atom. The van der Waals surface area contributed by atoms with Crippen LogP contribution >= 0.6 is 0 Å². The van der Waals surface area contributed by atoms with Gasteiger partial charge in [-0.1, -0.05) is 12.1 Å². The lowest BCUT2D eigenvalue weighted by molar-refractivity contribution is -0.145. The minimum Gasteiger partial charge on any atom is -0.493 e. The van der Waals surface area contributed by atoms with Crippen LogP contribution in [0.5, 0.6) is 5.75 Å². The van der Waals surface area contributed by atoms with Gasteiger partial charge in [-0.2, -0.15) is 0 Å². The highest BCUT2D eigenvalue weighted by molar-refractivity contribution is 5.41. The zero-order chi connectivity index (χ0) is 13.5. The average Bonchev–Trinajstić information content (AvgIpc) is 2.80. The molecule has 1 unspecified atom stereocenters. The van der Waals surface area contributed by atoms with Gasteiger partial charge in [0.1, 0.15) is 5.75 Å². The summed E-state index contributed by atoms with van der Waals surface area (Å²) >= 11 is 0. The molecule has 2 N–H and O–H groups in total. The highest BCUT2D eigenvalue weighted by Crippen LogP contribution is 2.43. The fraction of sp³-hybridized carbons (Fsp3) is 0.600. The molecule has 2 aliphatic heterocycles. The summed E-state index contributed by atoms with van der Waals surface area (Å²) in [6.07, 6.45) is 1.01. The second kappa shape index (κ2) is 4.78. The van der Waals surface area contributed by atoms with Crippen molar-refractivity contribution in [2.75, 3.05) is 40.5 Å². The minimum absolute atomic E-state index is 0.0528. The number of nitrogens with zero attached hydrogens (tertiary/aromatic N) is 1. The first-order valence-electron chi connectivity index (χ1n) is 6.86. The Kier molecular flexibility index (Phi) is 3.25. The van der Waals surface area contributed by atoms with Crippen LogP contribution in [0.4, 0.5) is 0 Å². The molecule has 0 radical (unpaired) electrons. The normalized spacial score (nSPS) is 21.7. The first-order chi connectivity index (χ1) is 9.16. The summed E-state index contributed by atoms with van der Waals surface area (Å²) < 4.78 is 11.0. The van der Waals surface area contributed by atoms with Crippen LogP contribution in [0.1, 0.15) is 17.2 Å². The van der Waals surface area contributed by atoms with Gasteiger partial charge in [-0.05, 0) is 31.3 Å². The maximum Gasteiger partial charge on any atom is 0.122 e. The molecule has 2 aliphatic rings. The van der Waals surface area contributed by atoms with Crippen LogP contribution in [0.2, 0.25) is 0 Å². The van der Waals surface area contributed by atoms with Crippen LogP contribution in [0.15, 0.2) is 18.2 Å². The minimum atomic E-state index is 0.0528. The van der Waals surface area contributed by atoms with Crippen molar-refractivity contribution in [2.45, 2.75) is 12.5 Å². The van der Waals surface area contributed by atoms with Gasteiger partial charge in [0.05, 0.1) is 19.8 Å². The highest BCUT2D eigenvalue weighted by atomic mass is 16.5. The average molecular weight is 262 g/mol. The Balaban J connectivity index is 1.96. The quantitative estimate of drug-likeness (QED) is 0.886. The van der Waals surface area contributed by atoms with E-state index in [1.807, 2.05) is 0 Å². The van der Waals surface area contributed by atoms with Gasteiger partial charge in [0.15, 0.2) is 0 Å². The van der Waals surface area contributed by atoms with E-state index in [0.717, 1.165) is 32.0 Å². The third-order valence-corrected chi connectivity index (χ3v) is 4.31. The molecular formula is C15H22N2O2. The van der Waals surface area contributed by atoms with E-state index in [9.17, 15) is 0 Å². The molecule has 1 aromatic carbocycles. The molecule has 3 rings (SSSR count). The largest absolute Gasteiger partial charge is 0.493 e. The molecule has 2 heterocycles. The molecule has 0 aromatic heterocycles. The number of benzene rings is 1. The van der Waals surface area contributed by atoms with Gasteiger partial charge in [-0.3, -0.25) is 0 Å². The first-order valence-corrected chi connectivity index (χ1v) is 6.86. The van der Waals surface area contributed by atoms with Crippen LogP contribution in [-0.4, -0.2) is 45.4 Å². The summed E-state index contributed by atoms with van der Waals surface area (Å²) in [4.78, 5) is 2.26. The van der Waals surface area contributed by atoms with Crippen LogP contribution in [-0.2, 0) is 11.2 Å². The summed E-state index contributed by atoms with van der Waals surface area (Å²) in [6, 6.07) is 6.85. The zero-order valence-electron chi connectivity index (χ0n) is 11.7. The van der Waals surface area contributed by atoms with E-state index in [4.69, 9.17) is 15.2 Å². The Bertz CT molecular complexity index is 464. The molecule has 1 fully saturated rings. The van der Waals surface area contributed by atoms with Crippen LogP contribution in [0.25, 0.3) is 0 Å². The summed E-state index contributed by atoms with van der Waals surface area (Å²) in [5.74, 6) is 1.04. The van der Waals surface area contributed by atoms with E-state index in [-0.39, 0.29) is 5.41 Å². The van der Waals surface area contributed by atoms with Gasteiger partial charge >= 0.3 is 0 Å². The standard InChI is InChI=1S/C15H22N2O2/c1-17(2)14(15(8-16)9-18-10-15)12-3-4-13-11(7-12)5-6-19-13/h3-4,7,14H,5-6,8-10,16H2,1-2H3. The van der Waals surface area contributed by atoms with Gasteiger partial charge in [-0.15, -0.1) is 0 Å². The molecule has 0 saturated carbocycles. The third kappa shape index (κ3) is 2.04. The van der Waals surface area contributed by atoms with Gasteiger partial charge in [0.2, 0.25) is 0 Å². The van der Waals surface area contributed by atoms with Gasteiger partial charge in [0.25, 0.3) is 0 Å². The number of nitrogens with two attached hydrogens (primary N) is 1. The number of hydrogen-bond acceptors (Lipinski definition) is 4. The monoisotopic (exact) mass is 262 g/mol. The topological polar surface area (TPSA) is 47.7 Å². The number of fused-ring (bicyclic) bond motifs is 1. The van der Waals surface area contributed by atoms with E-state index in [1.54, 1.807) is 0 Å². The molecule has 104 valence electrons. The van der Waals surface area contributed by atoms with Crippen molar-refractivity contribution in [3.63, 3.8) is 0 Å². The molecule has 19 heavy (non-hydrogen) atoms. The van der Waals surface area contributed by atoms with Crippen molar-refractivity contribution >= 4 is 0 Å². The summed E-state index contributed by atoms with van der Waals surface area (Å²) in [6.45, 7) is 2.96. The SMILES string of the molecule is CN(C)C(c1ccc2c(c1)CCO2)C1(CN)COC1. The summed E-state index contributed by atoms with van der Waals surface area (Å²) in [5, 5.41) is 0. The van der Waals surface area contributed by atoms with Gasteiger partial charge in [-0.25, -0.2) is 0 Å². The smallest absolute Gasteiger partial charge is 0.122 e. The lowest BCUT2D eigenvalue weighted by Gasteiger charge is -2.49. The molecule has 0 bridgehead atoms. The van der Waals surface area contributed by atoms with Crippen molar-refractivity contribution in [3.05, 3.63) is 29.3 Å². The van der Waals surface area contributed by atoms with E-state index in [1.165, 1.54) is 11.1 Å². The number of ether oxygens (including phenoxy) is 2. The van der Waals surface area contributed by atoms with Crippen molar-refractivity contribution in [3.8, 4) is 5.75 Å². The summed E-state index contributed by atoms with van der Waals surface area (Å²) in [5.41, 5.74) is 8.72. The van der Waals surface area contributed by atoms with Gasteiger partial charge in [0, 0.05) is 24.4 Å². The molecular weight excluding hydrogens is 240 g/mol. The second-order valence-corrected chi connectivity index (χ2v) is 5.89.